The molecule has 0 fully saturated rings. The molecular weight excluding hydrogens is 322 g/mol. The van der Waals surface area contributed by atoms with Crippen LogP contribution in [0.5, 0.6) is 11.5 Å². The van der Waals surface area contributed by atoms with Gasteiger partial charge in [-0.1, -0.05) is 17.8 Å². The molecule has 1 aliphatic heterocycles. The van der Waals surface area contributed by atoms with Gasteiger partial charge in [0.15, 0.2) is 11.5 Å². The number of ether oxygens (including phenoxy) is 2. The minimum absolute atomic E-state index is 0.575. The molecule has 0 aliphatic carbocycles. The first-order chi connectivity index (χ1) is 11.9. The highest BCUT2D eigenvalue weighted by Gasteiger charge is 2.13. The van der Waals surface area contributed by atoms with E-state index in [0.29, 0.717) is 13.2 Å². The van der Waals surface area contributed by atoms with Crippen molar-refractivity contribution in [1.29, 1.82) is 0 Å². The topological polar surface area (TPSA) is 57.1 Å². The van der Waals surface area contributed by atoms with Gasteiger partial charge in [-0.15, -0.1) is 10.2 Å². The van der Waals surface area contributed by atoms with E-state index >= 15 is 0 Å². The molecule has 0 saturated heterocycles. The number of fused-ring (bicyclic) bond motifs is 1. The maximum atomic E-state index is 5.61. The van der Waals surface area contributed by atoms with Crippen molar-refractivity contribution in [3.63, 3.8) is 0 Å². The number of hydrogen-bond donors (Lipinski definition) is 0. The fraction of sp³-hybridized carbons (Fsp3) is 0.167. The number of pyridine rings is 1. The molecule has 0 atom stereocenters. The summed E-state index contributed by atoms with van der Waals surface area (Å²) in [7, 11) is 0. The Morgan fingerprint density at radius 2 is 1.88 bits per heavy atom. The van der Waals surface area contributed by atoms with E-state index in [9.17, 15) is 0 Å². The third kappa shape index (κ3) is 3.33. The Morgan fingerprint density at radius 3 is 2.67 bits per heavy atom. The summed E-state index contributed by atoms with van der Waals surface area (Å²) in [4.78, 5) is 4.11. The quantitative estimate of drug-likeness (QED) is 0.678. The van der Waals surface area contributed by atoms with Gasteiger partial charge in [-0.2, -0.15) is 0 Å². The van der Waals surface area contributed by atoms with Crippen LogP contribution < -0.4 is 9.47 Å². The highest BCUT2D eigenvalue weighted by molar-refractivity contribution is 7.98. The van der Waals surface area contributed by atoms with Crippen LogP contribution >= 0.6 is 11.8 Å². The summed E-state index contributed by atoms with van der Waals surface area (Å²) in [6.45, 7) is 1.17. The van der Waals surface area contributed by atoms with E-state index in [1.807, 2.05) is 42.6 Å². The van der Waals surface area contributed by atoms with E-state index in [-0.39, 0.29) is 0 Å². The molecule has 4 rings (SSSR count). The largest absolute Gasteiger partial charge is 0.486 e. The predicted molar refractivity (Wildman–Crippen MR) is 92.3 cm³/mol. The summed E-state index contributed by atoms with van der Waals surface area (Å²) in [5.74, 6) is 2.36. The lowest BCUT2D eigenvalue weighted by Gasteiger charge is -2.18. The summed E-state index contributed by atoms with van der Waals surface area (Å²) in [5.41, 5.74) is 2.95. The zero-order valence-electron chi connectivity index (χ0n) is 12.9. The summed E-state index contributed by atoms with van der Waals surface area (Å²) in [5, 5.41) is 9.52. The number of rotatable bonds is 4. The van der Waals surface area contributed by atoms with E-state index in [1.165, 1.54) is 5.56 Å². The monoisotopic (exact) mass is 337 g/mol. The van der Waals surface area contributed by atoms with Gasteiger partial charge in [0, 0.05) is 23.7 Å². The molecule has 0 radical (unpaired) electrons. The Kier molecular flexibility index (Phi) is 4.29. The first kappa shape index (κ1) is 15.0. The molecule has 3 aromatic rings. The molecule has 120 valence electrons. The normalized spacial score (nSPS) is 12.8. The van der Waals surface area contributed by atoms with Crippen molar-refractivity contribution in [3.8, 4) is 22.8 Å². The van der Waals surface area contributed by atoms with E-state index in [4.69, 9.17) is 9.47 Å². The van der Waals surface area contributed by atoms with E-state index in [1.54, 1.807) is 18.0 Å². The van der Waals surface area contributed by atoms with Crippen molar-refractivity contribution >= 4 is 11.8 Å². The second kappa shape index (κ2) is 6.88. The molecule has 0 spiro atoms. The molecule has 1 aliphatic rings. The van der Waals surface area contributed by atoms with Crippen molar-refractivity contribution in [1.82, 2.24) is 15.2 Å². The molecule has 2 aromatic heterocycles. The Hall–Kier alpha value is -2.60. The number of hydrogen-bond acceptors (Lipinski definition) is 6. The number of benzene rings is 1. The van der Waals surface area contributed by atoms with E-state index in [2.05, 4.69) is 21.2 Å². The lowest BCUT2D eigenvalue weighted by atomic mass is 10.1. The van der Waals surface area contributed by atoms with E-state index < -0.39 is 0 Å². The maximum Gasteiger partial charge on any atom is 0.162 e. The third-order valence-electron chi connectivity index (χ3n) is 3.59. The summed E-state index contributed by atoms with van der Waals surface area (Å²) in [6, 6.07) is 13.8. The Labute approximate surface area is 144 Å². The molecule has 0 amide bonds. The van der Waals surface area contributed by atoms with E-state index in [0.717, 1.165) is 33.5 Å². The van der Waals surface area contributed by atoms with Crippen LogP contribution in [0.2, 0.25) is 0 Å². The summed E-state index contributed by atoms with van der Waals surface area (Å²) in [6.07, 6.45) is 3.64. The zero-order valence-corrected chi connectivity index (χ0v) is 13.7. The smallest absolute Gasteiger partial charge is 0.162 e. The minimum atomic E-state index is 0.575. The number of thioether (sulfide) groups is 1. The van der Waals surface area contributed by atoms with Gasteiger partial charge >= 0.3 is 0 Å². The van der Waals surface area contributed by atoms with Crippen molar-refractivity contribution in [2.75, 3.05) is 13.2 Å². The highest BCUT2D eigenvalue weighted by atomic mass is 32.2. The SMILES string of the molecule is c1cncc(CSc2ccc(-c3ccc4c(c3)OCCO4)nn2)c1. The summed E-state index contributed by atoms with van der Waals surface area (Å²) >= 11 is 1.64. The Morgan fingerprint density at radius 1 is 0.958 bits per heavy atom. The van der Waals surface area contributed by atoms with Crippen LogP contribution in [0, 0.1) is 0 Å². The molecule has 0 saturated carbocycles. The summed E-state index contributed by atoms with van der Waals surface area (Å²) < 4.78 is 11.2. The maximum absolute atomic E-state index is 5.61. The average molecular weight is 337 g/mol. The molecule has 6 heteroatoms. The number of aromatic nitrogens is 3. The predicted octanol–water partition coefficient (Wildman–Crippen LogP) is 3.60. The molecular formula is C18H15N3O2S. The van der Waals surface area contributed by atoms with Gasteiger partial charge in [-0.05, 0) is 42.0 Å². The molecule has 0 bridgehead atoms. The Bertz CT molecular complexity index is 825. The van der Waals surface area contributed by atoms with Gasteiger partial charge in [0.1, 0.15) is 18.2 Å². The highest BCUT2D eigenvalue weighted by Crippen LogP contribution is 2.34. The van der Waals surface area contributed by atoms with Crippen LogP contribution in [-0.2, 0) is 5.75 Å². The van der Waals surface area contributed by atoms with Crippen molar-refractivity contribution in [3.05, 3.63) is 60.4 Å². The van der Waals surface area contributed by atoms with Crippen molar-refractivity contribution in [2.45, 2.75) is 10.8 Å². The zero-order chi connectivity index (χ0) is 16.2. The third-order valence-corrected chi connectivity index (χ3v) is 4.58. The molecule has 24 heavy (non-hydrogen) atoms. The van der Waals surface area contributed by atoms with Gasteiger partial charge in [-0.3, -0.25) is 4.98 Å². The molecule has 0 N–H and O–H groups in total. The van der Waals surface area contributed by atoms with Gasteiger partial charge in [-0.25, -0.2) is 0 Å². The van der Waals surface area contributed by atoms with Crippen LogP contribution in [0.3, 0.4) is 0 Å². The lowest BCUT2D eigenvalue weighted by Crippen LogP contribution is -2.15. The Balaban J connectivity index is 1.47. The minimum Gasteiger partial charge on any atom is -0.486 e. The number of nitrogens with zero attached hydrogens (tertiary/aromatic N) is 3. The second-order valence-electron chi connectivity index (χ2n) is 5.27. The second-order valence-corrected chi connectivity index (χ2v) is 6.26. The molecule has 1 aromatic carbocycles. The van der Waals surface area contributed by atoms with Crippen LogP contribution in [0.4, 0.5) is 0 Å². The standard InChI is InChI=1S/C18H15N3O2S/c1-2-13(11-19-7-1)12-24-18-6-4-15(20-21-18)14-3-5-16-17(10-14)23-9-8-22-16/h1-7,10-11H,8-9,12H2. The first-order valence-electron chi connectivity index (χ1n) is 7.64. The van der Waals surface area contributed by atoms with Crippen molar-refractivity contribution in [2.24, 2.45) is 0 Å². The van der Waals surface area contributed by atoms with Gasteiger partial charge in [0.05, 0.1) is 5.69 Å². The molecule has 0 unspecified atom stereocenters. The van der Waals surface area contributed by atoms with Crippen LogP contribution in [0.25, 0.3) is 11.3 Å². The van der Waals surface area contributed by atoms with Gasteiger partial charge in [0.25, 0.3) is 0 Å². The fourth-order valence-electron chi connectivity index (χ4n) is 2.39. The molecule has 5 nitrogen and oxygen atoms in total. The van der Waals surface area contributed by atoms with Crippen LogP contribution in [0.15, 0.2) is 59.9 Å². The fourth-order valence-corrected chi connectivity index (χ4v) is 3.14. The van der Waals surface area contributed by atoms with Gasteiger partial charge < -0.3 is 9.47 Å². The molecule has 3 heterocycles. The van der Waals surface area contributed by atoms with Gasteiger partial charge in [0.2, 0.25) is 0 Å². The van der Waals surface area contributed by atoms with Crippen LogP contribution in [0.1, 0.15) is 5.56 Å². The first-order valence-corrected chi connectivity index (χ1v) is 8.62. The lowest BCUT2D eigenvalue weighted by molar-refractivity contribution is 0.171. The van der Waals surface area contributed by atoms with Crippen molar-refractivity contribution < 1.29 is 9.47 Å². The average Bonchev–Trinajstić information content (AvgIpc) is 2.67. The van der Waals surface area contributed by atoms with Crippen LogP contribution in [-0.4, -0.2) is 28.4 Å².